The lowest BCUT2D eigenvalue weighted by atomic mass is 10.3. The molecule has 0 saturated carbocycles. The van der Waals surface area contributed by atoms with Gasteiger partial charge in [-0.2, -0.15) is 0 Å². The maximum atomic E-state index is 12.0. The van der Waals surface area contributed by atoms with Crippen molar-refractivity contribution < 1.29 is 13.2 Å². The minimum atomic E-state index is -3.54. The van der Waals surface area contributed by atoms with Gasteiger partial charge in [0.25, 0.3) is 0 Å². The molecule has 0 saturated heterocycles. The summed E-state index contributed by atoms with van der Waals surface area (Å²) in [5.41, 5.74) is 0.380. The summed E-state index contributed by atoms with van der Waals surface area (Å²) in [5, 5.41) is 2.45. The molecule has 1 aromatic carbocycles. The van der Waals surface area contributed by atoms with E-state index in [1.807, 2.05) is 6.92 Å². The van der Waals surface area contributed by atoms with E-state index in [1.165, 1.54) is 12.1 Å². The number of benzene rings is 1. The van der Waals surface area contributed by atoms with Gasteiger partial charge in [-0.05, 0) is 24.6 Å². The Hall–Kier alpha value is -1.25. The highest BCUT2D eigenvalue weighted by Gasteiger charge is 2.13. The maximum absolute atomic E-state index is 12.0. The van der Waals surface area contributed by atoms with Gasteiger partial charge >= 0.3 is 6.03 Å². The van der Waals surface area contributed by atoms with Crippen LogP contribution in [0.1, 0.15) is 19.8 Å². The highest BCUT2D eigenvalue weighted by Crippen LogP contribution is 2.15. The Morgan fingerprint density at radius 2 is 2.11 bits per heavy atom. The number of unbranched alkanes of at least 4 members (excludes halogenated alkanes) is 1. The molecule has 0 heterocycles. The van der Waals surface area contributed by atoms with Crippen LogP contribution >= 0.6 is 12.8 Å². The summed E-state index contributed by atoms with van der Waals surface area (Å²) in [6.07, 6.45) is 1.69. The number of thiol groups is 1. The van der Waals surface area contributed by atoms with Crippen molar-refractivity contribution in [2.24, 2.45) is 0 Å². The van der Waals surface area contributed by atoms with Crippen molar-refractivity contribution in [2.45, 2.75) is 24.7 Å². The summed E-state index contributed by atoms with van der Waals surface area (Å²) in [6, 6.07) is 5.48. The molecule has 0 unspecified atom stereocenters. The topological polar surface area (TPSA) is 87.3 Å². The molecule has 0 aromatic heterocycles. The minimum absolute atomic E-state index is 0.112. The third kappa shape index (κ3) is 5.09. The van der Waals surface area contributed by atoms with E-state index < -0.39 is 16.1 Å². The zero-order chi connectivity index (χ0) is 14.3. The van der Waals surface area contributed by atoms with Crippen LogP contribution in [-0.4, -0.2) is 21.0 Å². The van der Waals surface area contributed by atoms with Crippen LogP contribution in [0.15, 0.2) is 29.2 Å². The molecule has 106 valence electrons. The number of carbonyl (C=O) groups is 1. The van der Waals surface area contributed by atoms with Crippen LogP contribution in [0.25, 0.3) is 0 Å². The summed E-state index contributed by atoms with van der Waals surface area (Å²) >= 11 is 3.59. The maximum Gasteiger partial charge on any atom is 0.329 e. The van der Waals surface area contributed by atoms with E-state index in [-0.39, 0.29) is 4.90 Å². The van der Waals surface area contributed by atoms with Crippen LogP contribution in [0.3, 0.4) is 0 Å². The molecule has 0 radical (unpaired) electrons. The molecule has 3 N–H and O–H groups in total. The number of anilines is 1. The molecule has 0 bridgehead atoms. The number of rotatable bonds is 6. The van der Waals surface area contributed by atoms with Crippen molar-refractivity contribution in [1.29, 1.82) is 0 Å². The Morgan fingerprint density at radius 1 is 1.37 bits per heavy atom. The van der Waals surface area contributed by atoms with Gasteiger partial charge in [0.1, 0.15) is 0 Å². The summed E-state index contributed by atoms with van der Waals surface area (Å²) in [6.45, 7) is 2.38. The number of hydrogen-bond acceptors (Lipinski definition) is 4. The first-order chi connectivity index (χ1) is 8.99. The van der Waals surface area contributed by atoms with Gasteiger partial charge in [-0.3, -0.25) is 4.72 Å². The zero-order valence-electron chi connectivity index (χ0n) is 10.5. The predicted octanol–water partition coefficient (Wildman–Crippen LogP) is 1.73. The van der Waals surface area contributed by atoms with Gasteiger partial charge in [0.05, 0.1) is 4.90 Å². The number of urea groups is 1. The van der Waals surface area contributed by atoms with E-state index in [0.29, 0.717) is 12.2 Å². The highest BCUT2D eigenvalue weighted by atomic mass is 32.2. The van der Waals surface area contributed by atoms with Crippen LogP contribution in [0.5, 0.6) is 0 Å². The first kappa shape index (κ1) is 15.8. The van der Waals surface area contributed by atoms with Gasteiger partial charge in [0.15, 0.2) is 0 Å². The van der Waals surface area contributed by atoms with E-state index in [2.05, 4.69) is 27.6 Å². The van der Waals surface area contributed by atoms with Crippen LogP contribution in [0.4, 0.5) is 10.5 Å². The summed E-state index contributed by atoms with van der Waals surface area (Å²) in [4.78, 5) is 11.2. The second kappa shape index (κ2) is 7.37. The standard InChI is InChI=1S/C11H17N3O3S2/c1-2-3-7-12-19(16,17)10-6-4-5-9(8-10)13-11(15)14-18/h4-6,8,12,18H,2-3,7H2,1H3,(H2,13,14,15). The predicted molar refractivity (Wildman–Crippen MR) is 77.7 cm³/mol. The highest BCUT2D eigenvalue weighted by molar-refractivity contribution is 7.89. The average molecular weight is 303 g/mol. The third-order valence-electron chi connectivity index (χ3n) is 2.33. The Balaban J connectivity index is 2.83. The van der Waals surface area contributed by atoms with Gasteiger partial charge in [-0.15, -0.1) is 0 Å². The van der Waals surface area contributed by atoms with Gasteiger partial charge in [0, 0.05) is 12.2 Å². The molecule has 0 atom stereocenters. The molecule has 0 aliphatic rings. The zero-order valence-corrected chi connectivity index (χ0v) is 12.2. The van der Waals surface area contributed by atoms with Gasteiger partial charge in [-0.25, -0.2) is 17.9 Å². The lowest BCUT2D eigenvalue weighted by molar-refractivity contribution is 0.257. The Kier molecular flexibility index (Phi) is 6.13. The molecule has 6 nitrogen and oxygen atoms in total. The Labute approximate surface area is 118 Å². The number of amides is 2. The van der Waals surface area contributed by atoms with Gasteiger partial charge in [-0.1, -0.05) is 32.2 Å². The van der Waals surface area contributed by atoms with Crippen LogP contribution in [0, 0.1) is 0 Å². The van der Waals surface area contributed by atoms with E-state index >= 15 is 0 Å². The van der Waals surface area contributed by atoms with Crippen molar-refractivity contribution >= 4 is 34.6 Å². The smallest absolute Gasteiger partial charge is 0.307 e. The molecule has 0 aliphatic heterocycles. The van der Waals surface area contributed by atoms with Crippen LogP contribution < -0.4 is 14.8 Å². The largest absolute Gasteiger partial charge is 0.329 e. The number of sulfonamides is 1. The average Bonchev–Trinajstić information content (AvgIpc) is 2.39. The first-order valence-corrected chi connectivity index (χ1v) is 7.73. The lowest BCUT2D eigenvalue weighted by Crippen LogP contribution is -2.25. The van der Waals surface area contributed by atoms with Crippen molar-refractivity contribution in [3.05, 3.63) is 24.3 Å². The summed E-state index contributed by atoms with van der Waals surface area (Å²) in [7, 11) is -3.54. The molecule has 19 heavy (non-hydrogen) atoms. The SMILES string of the molecule is CCCCNS(=O)(=O)c1cccc(NC(=O)NS)c1. The van der Waals surface area contributed by atoms with Crippen molar-refractivity contribution in [1.82, 2.24) is 9.44 Å². The van der Waals surface area contributed by atoms with Gasteiger partial charge < -0.3 is 5.32 Å². The number of nitrogens with one attached hydrogen (secondary N) is 3. The fraction of sp³-hybridized carbons (Fsp3) is 0.364. The van der Waals surface area contributed by atoms with Crippen molar-refractivity contribution in [2.75, 3.05) is 11.9 Å². The Bertz CT molecular complexity index is 532. The van der Waals surface area contributed by atoms with Crippen LogP contribution in [0.2, 0.25) is 0 Å². The molecule has 0 aliphatic carbocycles. The summed E-state index contributed by atoms with van der Waals surface area (Å²) in [5.74, 6) is 0. The Morgan fingerprint density at radius 3 is 2.74 bits per heavy atom. The minimum Gasteiger partial charge on any atom is -0.307 e. The monoisotopic (exact) mass is 303 g/mol. The number of carbonyl (C=O) groups excluding carboxylic acids is 1. The van der Waals surface area contributed by atoms with E-state index in [9.17, 15) is 13.2 Å². The first-order valence-electron chi connectivity index (χ1n) is 5.80. The molecule has 1 aromatic rings. The fourth-order valence-corrected chi connectivity index (χ4v) is 2.54. The van der Waals surface area contributed by atoms with Gasteiger partial charge in [0.2, 0.25) is 10.0 Å². The normalized spacial score (nSPS) is 11.1. The van der Waals surface area contributed by atoms with E-state index in [4.69, 9.17) is 0 Å². The fourth-order valence-electron chi connectivity index (χ4n) is 1.37. The third-order valence-corrected chi connectivity index (χ3v) is 3.99. The number of hydrogen-bond donors (Lipinski definition) is 4. The molecule has 1 rings (SSSR count). The molecule has 8 heteroatoms. The molecular weight excluding hydrogens is 286 g/mol. The molecular formula is C11H17N3O3S2. The van der Waals surface area contributed by atoms with Crippen molar-refractivity contribution in [3.8, 4) is 0 Å². The summed E-state index contributed by atoms with van der Waals surface area (Å²) < 4.78 is 28.5. The molecule has 2 amide bonds. The second-order valence-corrected chi connectivity index (χ2v) is 5.84. The second-order valence-electron chi connectivity index (χ2n) is 3.85. The van der Waals surface area contributed by atoms with E-state index in [0.717, 1.165) is 12.8 Å². The van der Waals surface area contributed by atoms with Crippen LogP contribution in [-0.2, 0) is 10.0 Å². The quantitative estimate of drug-likeness (QED) is 0.477. The van der Waals surface area contributed by atoms with Crippen molar-refractivity contribution in [3.63, 3.8) is 0 Å². The lowest BCUT2D eigenvalue weighted by Gasteiger charge is -2.08. The molecule has 0 spiro atoms. The molecule has 0 fully saturated rings. The van der Waals surface area contributed by atoms with E-state index in [1.54, 1.807) is 12.1 Å².